The lowest BCUT2D eigenvalue weighted by molar-refractivity contribution is -0.120. The Balaban J connectivity index is 1.84. The number of amides is 1. The van der Waals surface area contributed by atoms with Crippen LogP contribution in [-0.4, -0.2) is 17.2 Å². The zero-order valence-corrected chi connectivity index (χ0v) is 9.54. The minimum Gasteiger partial charge on any atom is -0.508 e. The second-order valence-corrected chi connectivity index (χ2v) is 3.65. The Morgan fingerprint density at radius 1 is 1.33 bits per heavy atom. The fourth-order valence-electron chi connectivity index (χ4n) is 1.37. The molecule has 18 heavy (non-hydrogen) atoms. The van der Waals surface area contributed by atoms with Crippen LogP contribution in [0.3, 0.4) is 0 Å². The fraction of sp³-hybridized carbons (Fsp3) is 0.0769. The Labute approximate surface area is 104 Å². The quantitative estimate of drug-likeness (QED) is 0.634. The molecule has 92 valence electrons. The third-order valence-corrected chi connectivity index (χ3v) is 2.23. The maximum Gasteiger partial charge on any atom is 0.244 e. The predicted molar refractivity (Wildman–Crippen MR) is 66.3 cm³/mol. The molecule has 0 aliphatic carbocycles. The highest BCUT2D eigenvalue weighted by molar-refractivity contribution is 5.81. The number of phenols is 1. The van der Waals surface area contributed by atoms with Gasteiger partial charge in [-0.25, -0.2) is 5.43 Å². The van der Waals surface area contributed by atoms with Crippen LogP contribution in [0.1, 0.15) is 11.3 Å². The molecule has 1 heterocycles. The molecular formula is C13H12N2O3. The van der Waals surface area contributed by atoms with Crippen molar-refractivity contribution in [3.05, 3.63) is 54.0 Å². The molecule has 0 aliphatic heterocycles. The van der Waals surface area contributed by atoms with Gasteiger partial charge in [-0.3, -0.25) is 4.79 Å². The summed E-state index contributed by atoms with van der Waals surface area (Å²) in [7, 11) is 0. The molecule has 0 radical (unpaired) electrons. The third kappa shape index (κ3) is 3.48. The number of hydrazone groups is 1. The number of nitrogens with zero attached hydrogens (tertiary/aromatic N) is 1. The minimum absolute atomic E-state index is 0.176. The van der Waals surface area contributed by atoms with Crippen molar-refractivity contribution in [2.75, 3.05) is 0 Å². The third-order valence-electron chi connectivity index (χ3n) is 2.23. The van der Waals surface area contributed by atoms with Gasteiger partial charge in [-0.1, -0.05) is 12.1 Å². The number of nitrogens with one attached hydrogen (secondary N) is 1. The van der Waals surface area contributed by atoms with Gasteiger partial charge in [-0.05, 0) is 29.8 Å². The first-order valence-electron chi connectivity index (χ1n) is 5.37. The van der Waals surface area contributed by atoms with Crippen molar-refractivity contribution in [1.29, 1.82) is 0 Å². The zero-order valence-electron chi connectivity index (χ0n) is 9.54. The Kier molecular flexibility index (Phi) is 3.76. The SMILES string of the molecule is O=C(Cc1ccc(O)cc1)N/N=C\c1ccco1. The van der Waals surface area contributed by atoms with E-state index in [-0.39, 0.29) is 18.1 Å². The highest BCUT2D eigenvalue weighted by atomic mass is 16.3. The van der Waals surface area contributed by atoms with E-state index >= 15 is 0 Å². The van der Waals surface area contributed by atoms with Crippen molar-refractivity contribution in [3.8, 4) is 5.75 Å². The molecule has 0 spiro atoms. The molecule has 1 aromatic heterocycles. The van der Waals surface area contributed by atoms with Gasteiger partial charge in [-0.15, -0.1) is 0 Å². The molecule has 5 heteroatoms. The van der Waals surface area contributed by atoms with Crippen molar-refractivity contribution < 1.29 is 14.3 Å². The van der Waals surface area contributed by atoms with E-state index in [1.54, 1.807) is 24.3 Å². The summed E-state index contributed by atoms with van der Waals surface area (Å²) in [5, 5.41) is 12.9. The van der Waals surface area contributed by atoms with Gasteiger partial charge in [0.15, 0.2) is 0 Å². The van der Waals surface area contributed by atoms with Crippen molar-refractivity contribution in [1.82, 2.24) is 5.43 Å². The number of furan rings is 1. The van der Waals surface area contributed by atoms with E-state index in [1.165, 1.54) is 24.6 Å². The normalized spacial score (nSPS) is 10.7. The molecule has 0 saturated heterocycles. The number of carbonyl (C=O) groups excluding carboxylic acids is 1. The number of hydrogen-bond donors (Lipinski definition) is 2. The van der Waals surface area contributed by atoms with Gasteiger partial charge in [0.05, 0.1) is 18.9 Å². The van der Waals surface area contributed by atoms with Crippen LogP contribution in [0.25, 0.3) is 0 Å². The molecule has 2 rings (SSSR count). The van der Waals surface area contributed by atoms with E-state index in [0.717, 1.165) is 5.56 Å². The van der Waals surface area contributed by atoms with E-state index in [2.05, 4.69) is 10.5 Å². The number of hydrogen-bond acceptors (Lipinski definition) is 4. The molecule has 0 bridgehead atoms. The standard InChI is InChI=1S/C13H12N2O3/c16-11-5-3-10(4-6-11)8-13(17)15-14-9-12-2-1-7-18-12/h1-7,9,16H,8H2,(H,15,17)/b14-9-. The lowest BCUT2D eigenvalue weighted by Gasteiger charge is -2.00. The topological polar surface area (TPSA) is 74.8 Å². The number of phenolic OH excluding ortho intramolecular Hbond substituents is 1. The van der Waals surface area contributed by atoms with E-state index in [0.29, 0.717) is 5.76 Å². The Morgan fingerprint density at radius 2 is 2.11 bits per heavy atom. The van der Waals surface area contributed by atoms with Crippen LogP contribution < -0.4 is 5.43 Å². The van der Waals surface area contributed by atoms with Crippen LogP contribution in [0.15, 0.2) is 52.2 Å². The smallest absolute Gasteiger partial charge is 0.244 e. The van der Waals surface area contributed by atoms with Gasteiger partial charge in [-0.2, -0.15) is 5.10 Å². The fourth-order valence-corrected chi connectivity index (χ4v) is 1.37. The summed E-state index contributed by atoms with van der Waals surface area (Å²) in [5.74, 6) is 0.512. The summed E-state index contributed by atoms with van der Waals surface area (Å²) in [6, 6.07) is 9.91. The molecule has 1 amide bonds. The summed E-state index contributed by atoms with van der Waals surface area (Å²) < 4.78 is 5.02. The first kappa shape index (κ1) is 11.9. The lowest BCUT2D eigenvalue weighted by atomic mass is 10.1. The lowest BCUT2D eigenvalue weighted by Crippen LogP contribution is -2.19. The molecule has 0 fully saturated rings. The van der Waals surface area contributed by atoms with E-state index < -0.39 is 0 Å². The highest BCUT2D eigenvalue weighted by Crippen LogP contribution is 2.09. The molecule has 0 aliphatic rings. The Morgan fingerprint density at radius 3 is 2.78 bits per heavy atom. The maximum absolute atomic E-state index is 11.5. The predicted octanol–water partition coefficient (Wildman–Crippen LogP) is 1.68. The molecule has 0 unspecified atom stereocenters. The second-order valence-electron chi connectivity index (χ2n) is 3.65. The maximum atomic E-state index is 11.5. The first-order chi connectivity index (χ1) is 8.74. The average molecular weight is 244 g/mol. The monoisotopic (exact) mass is 244 g/mol. The van der Waals surface area contributed by atoms with Crippen molar-refractivity contribution in [3.63, 3.8) is 0 Å². The summed E-state index contributed by atoms with van der Waals surface area (Å²) in [6.45, 7) is 0. The largest absolute Gasteiger partial charge is 0.508 e. The van der Waals surface area contributed by atoms with Gasteiger partial charge < -0.3 is 9.52 Å². The first-order valence-corrected chi connectivity index (χ1v) is 5.37. The molecule has 5 nitrogen and oxygen atoms in total. The number of rotatable bonds is 4. The van der Waals surface area contributed by atoms with Crippen LogP contribution in [0.2, 0.25) is 0 Å². The average Bonchev–Trinajstić information content (AvgIpc) is 2.85. The van der Waals surface area contributed by atoms with Gasteiger partial charge in [0.2, 0.25) is 5.91 Å². The van der Waals surface area contributed by atoms with Crippen molar-refractivity contribution >= 4 is 12.1 Å². The van der Waals surface area contributed by atoms with Gasteiger partial charge >= 0.3 is 0 Å². The van der Waals surface area contributed by atoms with Crippen LogP contribution >= 0.6 is 0 Å². The van der Waals surface area contributed by atoms with Crippen molar-refractivity contribution in [2.24, 2.45) is 5.10 Å². The summed E-state index contributed by atoms with van der Waals surface area (Å²) in [4.78, 5) is 11.5. The molecule has 2 aromatic rings. The van der Waals surface area contributed by atoms with Crippen LogP contribution in [0.4, 0.5) is 0 Å². The number of benzene rings is 1. The molecular weight excluding hydrogens is 232 g/mol. The van der Waals surface area contributed by atoms with E-state index in [1.807, 2.05) is 0 Å². The summed E-state index contributed by atoms with van der Waals surface area (Å²) in [6.07, 6.45) is 3.16. The van der Waals surface area contributed by atoms with Crippen molar-refractivity contribution in [2.45, 2.75) is 6.42 Å². The van der Waals surface area contributed by atoms with E-state index in [9.17, 15) is 4.79 Å². The molecule has 0 atom stereocenters. The van der Waals surface area contributed by atoms with E-state index in [4.69, 9.17) is 9.52 Å². The van der Waals surface area contributed by atoms with Crippen LogP contribution in [-0.2, 0) is 11.2 Å². The molecule has 1 aromatic carbocycles. The van der Waals surface area contributed by atoms with Crippen LogP contribution in [0.5, 0.6) is 5.75 Å². The van der Waals surface area contributed by atoms with Crippen LogP contribution in [0, 0.1) is 0 Å². The van der Waals surface area contributed by atoms with Gasteiger partial charge in [0.1, 0.15) is 11.5 Å². The molecule has 2 N–H and O–H groups in total. The Bertz CT molecular complexity index is 530. The van der Waals surface area contributed by atoms with Gasteiger partial charge in [0.25, 0.3) is 0 Å². The summed E-state index contributed by atoms with van der Waals surface area (Å²) >= 11 is 0. The number of aromatic hydroxyl groups is 1. The molecule has 0 saturated carbocycles. The highest BCUT2D eigenvalue weighted by Gasteiger charge is 2.01. The Hall–Kier alpha value is -2.56. The number of carbonyl (C=O) groups is 1. The minimum atomic E-state index is -0.233. The van der Waals surface area contributed by atoms with Gasteiger partial charge in [0, 0.05) is 0 Å². The second kappa shape index (κ2) is 5.67. The zero-order chi connectivity index (χ0) is 12.8. The summed E-state index contributed by atoms with van der Waals surface area (Å²) in [5.41, 5.74) is 3.20.